The van der Waals surface area contributed by atoms with Crippen LogP contribution in [0, 0.1) is 0 Å². The number of hydrogen-bond acceptors (Lipinski definition) is 4. The van der Waals surface area contributed by atoms with Crippen molar-refractivity contribution in [2.45, 2.75) is 12.5 Å². The minimum atomic E-state index is -0.506. The molecule has 24 heavy (non-hydrogen) atoms. The van der Waals surface area contributed by atoms with Gasteiger partial charge in [-0.2, -0.15) is 0 Å². The minimum absolute atomic E-state index is 0.290. The highest BCUT2D eigenvalue weighted by Gasteiger charge is 2.16. The van der Waals surface area contributed by atoms with Crippen molar-refractivity contribution < 1.29 is 14.9 Å². The number of ether oxygens (including phenoxy) is 1. The number of hydrogen-bond donors (Lipinski definition) is 2. The van der Waals surface area contributed by atoms with Crippen molar-refractivity contribution in [3.05, 3.63) is 66.2 Å². The molecule has 0 amide bonds. The quantitative estimate of drug-likeness (QED) is 0.857. The number of phenolic OH excluding ortho intramolecular Hbond substituents is 1. The zero-order chi connectivity index (χ0) is 16.8. The van der Waals surface area contributed by atoms with E-state index in [9.17, 15) is 10.2 Å². The van der Waals surface area contributed by atoms with E-state index >= 15 is 0 Å². The van der Waals surface area contributed by atoms with Crippen molar-refractivity contribution in [1.82, 2.24) is 4.90 Å². The van der Waals surface area contributed by atoms with Crippen LogP contribution < -0.4 is 4.74 Å². The molecule has 126 valence electrons. The molecule has 0 aliphatic carbocycles. The van der Waals surface area contributed by atoms with Crippen molar-refractivity contribution in [2.75, 3.05) is 26.2 Å². The summed E-state index contributed by atoms with van der Waals surface area (Å²) >= 11 is 0. The Hall–Kier alpha value is -2.30. The smallest absolute Gasteiger partial charge is 0.119 e. The van der Waals surface area contributed by atoms with Gasteiger partial charge in [0, 0.05) is 19.6 Å². The molecule has 1 aliphatic heterocycles. The number of nitrogens with zero attached hydrogens (tertiary/aromatic N) is 1. The number of benzene rings is 2. The summed E-state index contributed by atoms with van der Waals surface area (Å²) < 4.78 is 5.60. The molecule has 3 rings (SSSR count). The minimum Gasteiger partial charge on any atom is -0.508 e. The lowest BCUT2D eigenvalue weighted by Gasteiger charge is -2.28. The Morgan fingerprint density at radius 2 is 1.79 bits per heavy atom. The molecule has 2 N–H and O–H groups in total. The Morgan fingerprint density at radius 3 is 2.46 bits per heavy atom. The highest BCUT2D eigenvalue weighted by Crippen LogP contribution is 2.24. The Balaban J connectivity index is 1.46. The van der Waals surface area contributed by atoms with E-state index in [1.54, 1.807) is 12.1 Å². The standard InChI is InChI=1S/C20H23NO3/c22-18-8-6-16(7-9-18)17-10-12-21(13-11-17)14-19(23)15-24-20-4-2-1-3-5-20/h1-10,19,22-23H,11-15H2/t19-/m1/s1. The Labute approximate surface area is 142 Å². The first-order valence-corrected chi connectivity index (χ1v) is 8.27. The molecule has 0 spiro atoms. The van der Waals surface area contributed by atoms with Crippen LogP contribution in [0.4, 0.5) is 0 Å². The second-order valence-electron chi connectivity index (χ2n) is 6.06. The first-order valence-electron chi connectivity index (χ1n) is 8.27. The molecule has 0 saturated carbocycles. The number of β-amino-alcohol motifs (C(OH)–C–C–N with tert-alkyl or cyclic N) is 1. The van der Waals surface area contributed by atoms with Gasteiger partial charge in [-0.15, -0.1) is 0 Å². The predicted molar refractivity (Wildman–Crippen MR) is 95.1 cm³/mol. The Morgan fingerprint density at radius 1 is 1.04 bits per heavy atom. The molecule has 1 aliphatic rings. The van der Waals surface area contributed by atoms with Gasteiger partial charge in [-0.1, -0.05) is 36.4 Å². The van der Waals surface area contributed by atoms with Gasteiger partial charge in [-0.3, -0.25) is 4.90 Å². The van der Waals surface area contributed by atoms with Gasteiger partial charge in [0.2, 0.25) is 0 Å². The van der Waals surface area contributed by atoms with Crippen LogP contribution in [0.15, 0.2) is 60.7 Å². The number of para-hydroxylation sites is 1. The Bertz CT molecular complexity index is 667. The fraction of sp³-hybridized carbons (Fsp3) is 0.300. The van der Waals surface area contributed by atoms with Gasteiger partial charge in [-0.05, 0) is 41.8 Å². The van der Waals surface area contributed by atoms with E-state index < -0.39 is 6.10 Å². The second kappa shape index (κ2) is 7.99. The van der Waals surface area contributed by atoms with Crippen LogP contribution in [-0.2, 0) is 0 Å². The molecular formula is C20H23NO3. The fourth-order valence-electron chi connectivity index (χ4n) is 2.87. The predicted octanol–water partition coefficient (Wildman–Crippen LogP) is 2.92. The van der Waals surface area contributed by atoms with Crippen LogP contribution >= 0.6 is 0 Å². The summed E-state index contributed by atoms with van der Waals surface area (Å²) in [4.78, 5) is 2.23. The van der Waals surface area contributed by atoms with E-state index in [4.69, 9.17) is 4.74 Å². The lowest BCUT2D eigenvalue weighted by Crippen LogP contribution is -2.38. The molecule has 4 nitrogen and oxygen atoms in total. The third-order valence-electron chi connectivity index (χ3n) is 4.19. The van der Waals surface area contributed by atoms with Crippen molar-refractivity contribution in [3.63, 3.8) is 0 Å². The summed E-state index contributed by atoms with van der Waals surface area (Å²) in [5.74, 6) is 1.07. The second-order valence-corrected chi connectivity index (χ2v) is 6.06. The van der Waals surface area contributed by atoms with Gasteiger partial charge >= 0.3 is 0 Å². The SMILES string of the molecule is Oc1ccc(C2=CCN(C[C@@H](O)COc3ccccc3)CC2)cc1. The highest BCUT2D eigenvalue weighted by molar-refractivity contribution is 5.67. The molecular weight excluding hydrogens is 302 g/mol. The summed E-state index contributed by atoms with van der Waals surface area (Å²) in [6, 6.07) is 16.9. The lowest BCUT2D eigenvalue weighted by molar-refractivity contribution is 0.0717. The van der Waals surface area contributed by atoms with E-state index in [0.717, 1.165) is 30.8 Å². The van der Waals surface area contributed by atoms with E-state index in [2.05, 4.69) is 11.0 Å². The van der Waals surface area contributed by atoms with Crippen LogP contribution in [0.3, 0.4) is 0 Å². The summed E-state index contributed by atoms with van der Waals surface area (Å²) in [5, 5.41) is 19.5. The first kappa shape index (κ1) is 16.6. The average Bonchev–Trinajstić information content (AvgIpc) is 2.62. The molecule has 2 aromatic carbocycles. The lowest BCUT2D eigenvalue weighted by atomic mass is 9.99. The van der Waals surface area contributed by atoms with Crippen molar-refractivity contribution in [3.8, 4) is 11.5 Å². The summed E-state index contributed by atoms with van der Waals surface area (Å²) in [6.45, 7) is 2.63. The molecule has 1 atom stereocenters. The monoisotopic (exact) mass is 325 g/mol. The average molecular weight is 325 g/mol. The van der Waals surface area contributed by atoms with E-state index in [0.29, 0.717) is 18.9 Å². The molecule has 2 aromatic rings. The van der Waals surface area contributed by atoms with Crippen LogP contribution in [0.5, 0.6) is 11.5 Å². The molecule has 0 bridgehead atoms. The summed E-state index contributed by atoms with van der Waals surface area (Å²) in [7, 11) is 0. The van der Waals surface area contributed by atoms with Crippen molar-refractivity contribution in [2.24, 2.45) is 0 Å². The van der Waals surface area contributed by atoms with Crippen LogP contribution in [0.2, 0.25) is 0 Å². The number of aromatic hydroxyl groups is 1. The molecule has 1 heterocycles. The number of rotatable bonds is 6. The van der Waals surface area contributed by atoms with Crippen LogP contribution in [0.25, 0.3) is 5.57 Å². The van der Waals surface area contributed by atoms with E-state index in [1.165, 1.54) is 5.57 Å². The van der Waals surface area contributed by atoms with Gasteiger partial charge in [-0.25, -0.2) is 0 Å². The maximum atomic E-state index is 10.2. The van der Waals surface area contributed by atoms with E-state index in [1.807, 2.05) is 42.5 Å². The van der Waals surface area contributed by atoms with Crippen molar-refractivity contribution in [1.29, 1.82) is 0 Å². The molecule has 0 unspecified atom stereocenters. The fourth-order valence-corrected chi connectivity index (χ4v) is 2.87. The molecule has 4 heteroatoms. The van der Waals surface area contributed by atoms with Crippen molar-refractivity contribution >= 4 is 5.57 Å². The summed E-state index contributed by atoms with van der Waals surface area (Å²) in [5.41, 5.74) is 2.45. The topological polar surface area (TPSA) is 52.9 Å². The maximum Gasteiger partial charge on any atom is 0.119 e. The van der Waals surface area contributed by atoms with Gasteiger partial charge in [0.25, 0.3) is 0 Å². The molecule has 0 fully saturated rings. The highest BCUT2D eigenvalue weighted by atomic mass is 16.5. The van der Waals surface area contributed by atoms with Crippen LogP contribution in [-0.4, -0.2) is 47.5 Å². The third-order valence-corrected chi connectivity index (χ3v) is 4.19. The molecule has 0 saturated heterocycles. The van der Waals surface area contributed by atoms with E-state index in [-0.39, 0.29) is 0 Å². The largest absolute Gasteiger partial charge is 0.508 e. The molecule has 0 radical (unpaired) electrons. The van der Waals surface area contributed by atoms with Gasteiger partial charge < -0.3 is 14.9 Å². The number of aliphatic hydroxyl groups is 1. The zero-order valence-electron chi connectivity index (χ0n) is 13.6. The molecule has 0 aromatic heterocycles. The first-order chi connectivity index (χ1) is 11.7. The van der Waals surface area contributed by atoms with Gasteiger partial charge in [0.15, 0.2) is 0 Å². The number of aliphatic hydroxyl groups excluding tert-OH is 1. The normalized spacial score (nSPS) is 16.5. The third kappa shape index (κ3) is 4.60. The van der Waals surface area contributed by atoms with Gasteiger partial charge in [0.1, 0.15) is 24.2 Å². The summed E-state index contributed by atoms with van der Waals surface area (Å²) in [6.07, 6.45) is 2.63. The van der Waals surface area contributed by atoms with Crippen LogP contribution in [0.1, 0.15) is 12.0 Å². The maximum absolute atomic E-state index is 10.2. The zero-order valence-corrected chi connectivity index (χ0v) is 13.6. The Kier molecular flexibility index (Phi) is 5.51. The van der Waals surface area contributed by atoms with Gasteiger partial charge in [0.05, 0.1) is 0 Å². The number of phenols is 1.